The molecule has 2 N–H and O–H groups in total. The van der Waals surface area contributed by atoms with Gasteiger partial charge in [-0.2, -0.15) is 0 Å². The first kappa shape index (κ1) is 15.7. The zero-order valence-corrected chi connectivity index (χ0v) is 12.6. The van der Waals surface area contributed by atoms with Gasteiger partial charge in [0.2, 0.25) is 5.91 Å². The maximum Gasteiger partial charge on any atom is 0.232 e. The number of rotatable bonds is 4. The molecule has 2 aliphatic heterocycles. The lowest BCUT2D eigenvalue weighted by molar-refractivity contribution is -0.141. The fourth-order valence-corrected chi connectivity index (χ4v) is 2.89. The standard InChI is InChI=1S/C14H27N3O3/c1-14(11-20-10-12(14)15)13(18)17-5-3-4-16(6-7-17)8-9-19-2/h12H,3-11,15H2,1-2H3. The minimum atomic E-state index is -0.554. The summed E-state index contributed by atoms with van der Waals surface area (Å²) < 4.78 is 10.5. The van der Waals surface area contributed by atoms with E-state index in [-0.39, 0.29) is 11.9 Å². The SMILES string of the molecule is COCCN1CCCN(C(=O)C2(C)COCC2N)CC1. The molecule has 1 amide bonds. The molecule has 2 aliphatic rings. The number of methoxy groups -OCH3 is 1. The minimum absolute atomic E-state index is 0.149. The normalized spacial score (nSPS) is 32.4. The first-order valence-electron chi connectivity index (χ1n) is 7.42. The number of carbonyl (C=O) groups is 1. The van der Waals surface area contributed by atoms with Gasteiger partial charge in [0.25, 0.3) is 0 Å². The van der Waals surface area contributed by atoms with Gasteiger partial charge in [0.05, 0.1) is 25.2 Å². The number of hydrogen-bond acceptors (Lipinski definition) is 5. The molecule has 2 unspecified atom stereocenters. The third-order valence-corrected chi connectivity index (χ3v) is 4.49. The Balaban J connectivity index is 1.91. The number of hydrogen-bond donors (Lipinski definition) is 1. The van der Waals surface area contributed by atoms with Crippen LogP contribution in [0.4, 0.5) is 0 Å². The predicted octanol–water partition coefficient (Wildman–Crippen LogP) is -0.469. The van der Waals surface area contributed by atoms with Gasteiger partial charge in [0.15, 0.2) is 0 Å². The maximum atomic E-state index is 12.7. The third kappa shape index (κ3) is 3.31. The maximum absolute atomic E-state index is 12.7. The van der Waals surface area contributed by atoms with Crippen molar-refractivity contribution in [3.05, 3.63) is 0 Å². The molecule has 20 heavy (non-hydrogen) atoms. The van der Waals surface area contributed by atoms with Crippen LogP contribution in [-0.2, 0) is 14.3 Å². The molecule has 0 aliphatic carbocycles. The molecule has 116 valence electrons. The number of nitrogens with two attached hydrogens (primary N) is 1. The van der Waals surface area contributed by atoms with Crippen LogP contribution in [0.15, 0.2) is 0 Å². The first-order chi connectivity index (χ1) is 9.58. The minimum Gasteiger partial charge on any atom is -0.383 e. The van der Waals surface area contributed by atoms with Crippen LogP contribution in [0.1, 0.15) is 13.3 Å². The molecule has 0 spiro atoms. The summed E-state index contributed by atoms with van der Waals surface area (Å²) in [5.41, 5.74) is 5.50. The Morgan fingerprint density at radius 3 is 2.85 bits per heavy atom. The second-order valence-electron chi connectivity index (χ2n) is 6.02. The van der Waals surface area contributed by atoms with E-state index in [4.69, 9.17) is 15.2 Å². The molecule has 0 aromatic heterocycles. The lowest BCUT2D eigenvalue weighted by atomic mass is 9.84. The highest BCUT2D eigenvalue weighted by Gasteiger charge is 2.46. The number of ether oxygens (including phenoxy) is 2. The number of carbonyl (C=O) groups excluding carboxylic acids is 1. The number of nitrogens with zero attached hydrogens (tertiary/aromatic N) is 2. The Morgan fingerprint density at radius 2 is 2.20 bits per heavy atom. The van der Waals surface area contributed by atoms with Gasteiger partial charge in [-0.15, -0.1) is 0 Å². The Kier molecular flexibility index (Phi) is 5.37. The molecule has 2 heterocycles. The molecule has 6 nitrogen and oxygen atoms in total. The highest BCUT2D eigenvalue weighted by atomic mass is 16.5. The van der Waals surface area contributed by atoms with Crippen molar-refractivity contribution in [3.8, 4) is 0 Å². The van der Waals surface area contributed by atoms with Crippen molar-refractivity contribution in [2.45, 2.75) is 19.4 Å². The summed E-state index contributed by atoms with van der Waals surface area (Å²) in [6.07, 6.45) is 1.00. The fourth-order valence-electron chi connectivity index (χ4n) is 2.89. The second kappa shape index (κ2) is 6.85. The van der Waals surface area contributed by atoms with Crippen LogP contribution in [-0.4, -0.2) is 81.4 Å². The van der Waals surface area contributed by atoms with Crippen molar-refractivity contribution in [3.63, 3.8) is 0 Å². The average molecular weight is 285 g/mol. The highest BCUT2D eigenvalue weighted by Crippen LogP contribution is 2.29. The van der Waals surface area contributed by atoms with E-state index >= 15 is 0 Å². The largest absolute Gasteiger partial charge is 0.383 e. The molecule has 2 rings (SSSR count). The summed E-state index contributed by atoms with van der Waals surface area (Å²) in [4.78, 5) is 17.0. The average Bonchev–Trinajstić information content (AvgIpc) is 2.67. The Hall–Kier alpha value is -0.690. The molecule has 0 radical (unpaired) electrons. The number of amides is 1. The summed E-state index contributed by atoms with van der Waals surface area (Å²) in [5.74, 6) is 0.149. The van der Waals surface area contributed by atoms with E-state index in [1.807, 2.05) is 11.8 Å². The van der Waals surface area contributed by atoms with Crippen molar-refractivity contribution in [1.29, 1.82) is 0 Å². The van der Waals surface area contributed by atoms with Crippen molar-refractivity contribution in [2.24, 2.45) is 11.1 Å². The quantitative estimate of drug-likeness (QED) is 0.756. The van der Waals surface area contributed by atoms with Crippen molar-refractivity contribution >= 4 is 5.91 Å². The summed E-state index contributed by atoms with van der Waals surface area (Å²) in [6, 6.07) is -0.192. The molecule has 0 aromatic rings. The van der Waals surface area contributed by atoms with Crippen LogP contribution < -0.4 is 5.73 Å². The summed E-state index contributed by atoms with van der Waals surface area (Å²) in [6.45, 7) is 8.03. The Morgan fingerprint density at radius 1 is 1.40 bits per heavy atom. The van der Waals surface area contributed by atoms with Crippen molar-refractivity contribution in [2.75, 3.05) is 59.7 Å². The van der Waals surface area contributed by atoms with Gasteiger partial charge in [-0.25, -0.2) is 0 Å². The summed E-state index contributed by atoms with van der Waals surface area (Å²) in [7, 11) is 1.72. The van der Waals surface area contributed by atoms with Crippen LogP contribution in [0.2, 0.25) is 0 Å². The van der Waals surface area contributed by atoms with Crippen LogP contribution in [0, 0.1) is 5.41 Å². The van der Waals surface area contributed by atoms with Gasteiger partial charge in [0, 0.05) is 39.3 Å². The molecule has 2 atom stereocenters. The highest BCUT2D eigenvalue weighted by molar-refractivity contribution is 5.83. The van der Waals surface area contributed by atoms with Crippen molar-refractivity contribution in [1.82, 2.24) is 9.80 Å². The van der Waals surface area contributed by atoms with Gasteiger partial charge in [-0.3, -0.25) is 9.69 Å². The second-order valence-corrected chi connectivity index (χ2v) is 6.02. The van der Waals surface area contributed by atoms with Gasteiger partial charge in [0.1, 0.15) is 0 Å². The van der Waals surface area contributed by atoms with Crippen LogP contribution in [0.3, 0.4) is 0 Å². The Labute approximate surface area is 121 Å². The molecule has 0 saturated carbocycles. The van der Waals surface area contributed by atoms with Crippen molar-refractivity contribution < 1.29 is 14.3 Å². The van der Waals surface area contributed by atoms with Crippen LogP contribution in [0.25, 0.3) is 0 Å². The van der Waals surface area contributed by atoms with Gasteiger partial charge in [-0.05, 0) is 19.9 Å². The Bertz CT molecular complexity index is 340. The van der Waals surface area contributed by atoms with Gasteiger partial charge in [-0.1, -0.05) is 0 Å². The lowest BCUT2D eigenvalue weighted by Crippen LogP contribution is -2.52. The first-order valence-corrected chi connectivity index (χ1v) is 7.42. The van der Waals surface area contributed by atoms with Gasteiger partial charge < -0.3 is 20.1 Å². The molecular formula is C14H27N3O3. The van der Waals surface area contributed by atoms with E-state index in [1.54, 1.807) is 7.11 Å². The fraction of sp³-hybridized carbons (Fsp3) is 0.929. The monoisotopic (exact) mass is 285 g/mol. The van der Waals surface area contributed by atoms with E-state index in [9.17, 15) is 4.79 Å². The smallest absolute Gasteiger partial charge is 0.232 e. The zero-order chi connectivity index (χ0) is 14.6. The van der Waals surface area contributed by atoms with E-state index in [1.165, 1.54) is 0 Å². The lowest BCUT2D eigenvalue weighted by Gasteiger charge is -2.32. The van der Waals surface area contributed by atoms with E-state index in [0.29, 0.717) is 13.2 Å². The molecule has 2 saturated heterocycles. The summed E-state index contributed by atoms with van der Waals surface area (Å²) in [5, 5.41) is 0. The molecule has 0 aromatic carbocycles. The molecule has 2 fully saturated rings. The molecule has 6 heteroatoms. The zero-order valence-electron chi connectivity index (χ0n) is 12.6. The topological polar surface area (TPSA) is 68.0 Å². The van der Waals surface area contributed by atoms with Crippen LogP contribution >= 0.6 is 0 Å². The van der Waals surface area contributed by atoms with Gasteiger partial charge >= 0.3 is 0 Å². The van der Waals surface area contributed by atoms with E-state index in [2.05, 4.69) is 4.90 Å². The molecule has 0 bridgehead atoms. The third-order valence-electron chi connectivity index (χ3n) is 4.49. The predicted molar refractivity (Wildman–Crippen MR) is 76.4 cm³/mol. The van der Waals surface area contributed by atoms with E-state index in [0.717, 1.165) is 45.8 Å². The van der Waals surface area contributed by atoms with Crippen LogP contribution in [0.5, 0.6) is 0 Å². The summed E-state index contributed by atoms with van der Waals surface area (Å²) >= 11 is 0. The van der Waals surface area contributed by atoms with E-state index < -0.39 is 5.41 Å². The molecular weight excluding hydrogens is 258 g/mol.